The maximum atomic E-state index is 12.4. The van der Waals surface area contributed by atoms with Crippen LogP contribution in [-0.4, -0.2) is 54.7 Å². The number of aromatic amines is 1. The van der Waals surface area contributed by atoms with Crippen molar-refractivity contribution in [3.8, 4) is 0 Å². The van der Waals surface area contributed by atoms with Crippen LogP contribution in [0.4, 0.5) is 0 Å². The monoisotopic (exact) mass is 356 g/mol. The third-order valence-electron chi connectivity index (χ3n) is 3.53. The van der Waals surface area contributed by atoms with Gasteiger partial charge >= 0.3 is 0 Å². The van der Waals surface area contributed by atoms with Crippen molar-refractivity contribution in [2.24, 2.45) is 0 Å². The molecule has 3 N–H and O–H groups in total. The van der Waals surface area contributed by atoms with Gasteiger partial charge in [-0.2, -0.15) is 4.31 Å². The molecular weight excluding hydrogens is 332 g/mol. The number of aromatic nitrogens is 1. The van der Waals surface area contributed by atoms with Crippen molar-refractivity contribution in [1.29, 1.82) is 0 Å². The average molecular weight is 356 g/mol. The van der Waals surface area contributed by atoms with Gasteiger partial charge in [-0.1, -0.05) is 0 Å². The quantitative estimate of drug-likeness (QED) is 0.711. The second-order valence-electron chi connectivity index (χ2n) is 6.84. The van der Waals surface area contributed by atoms with Crippen LogP contribution in [-0.2, 0) is 14.8 Å². The van der Waals surface area contributed by atoms with E-state index in [2.05, 4.69) is 15.6 Å². The molecular formula is C15H24N4O4S. The summed E-state index contributed by atoms with van der Waals surface area (Å²) in [6.45, 7) is 6.35. The minimum Gasteiger partial charge on any atom is -0.356 e. The second-order valence-corrected chi connectivity index (χ2v) is 8.78. The van der Waals surface area contributed by atoms with Crippen molar-refractivity contribution in [2.75, 3.05) is 19.6 Å². The standard InChI is InChI=1S/C15H24N4O4S/c1-15(2,3)18-13(20)10-17-14(21)12-8-11(9-16-12)24(22,23)19-6-4-5-7-19/h8-9,16H,4-7,10H2,1-3H3,(H,17,21)(H,18,20). The van der Waals surface area contributed by atoms with Crippen LogP contribution in [0.15, 0.2) is 17.2 Å². The number of rotatable bonds is 5. The summed E-state index contributed by atoms with van der Waals surface area (Å²) < 4.78 is 26.2. The Bertz CT molecular complexity index is 712. The van der Waals surface area contributed by atoms with E-state index in [0.29, 0.717) is 13.1 Å². The topological polar surface area (TPSA) is 111 Å². The minimum atomic E-state index is -3.56. The molecule has 1 aliphatic rings. The summed E-state index contributed by atoms with van der Waals surface area (Å²) in [4.78, 5) is 26.5. The lowest BCUT2D eigenvalue weighted by Crippen LogP contribution is -2.45. The normalized spacial score (nSPS) is 16.1. The van der Waals surface area contributed by atoms with E-state index in [-0.39, 0.29) is 28.6 Å². The first-order valence-electron chi connectivity index (χ1n) is 7.87. The van der Waals surface area contributed by atoms with E-state index >= 15 is 0 Å². The number of carbonyl (C=O) groups excluding carboxylic acids is 2. The Hall–Kier alpha value is -1.87. The predicted molar refractivity (Wildman–Crippen MR) is 89.0 cm³/mol. The van der Waals surface area contributed by atoms with Gasteiger partial charge in [0.05, 0.1) is 6.54 Å². The zero-order valence-electron chi connectivity index (χ0n) is 14.2. The van der Waals surface area contributed by atoms with Gasteiger partial charge in [0.1, 0.15) is 10.6 Å². The number of amides is 2. The fourth-order valence-corrected chi connectivity index (χ4v) is 3.96. The fraction of sp³-hybridized carbons (Fsp3) is 0.600. The summed E-state index contributed by atoms with van der Waals surface area (Å²) in [6.07, 6.45) is 3.00. The first kappa shape index (κ1) is 18.5. The lowest BCUT2D eigenvalue weighted by atomic mass is 10.1. The summed E-state index contributed by atoms with van der Waals surface area (Å²) in [6, 6.07) is 1.30. The van der Waals surface area contributed by atoms with Crippen molar-refractivity contribution >= 4 is 21.8 Å². The third-order valence-corrected chi connectivity index (χ3v) is 5.40. The summed E-state index contributed by atoms with van der Waals surface area (Å²) in [5.41, 5.74) is -0.276. The molecule has 1 aromatic rings. The molecule has 0 saturated carbocycles. The largest absolute Gasteiger partial charge is 0.356 e. The van der Waals surface area contributed by atoms with Crippen LogP contribution in [0.5, 0.6) is 0 Å². The molecule has 1 fully saturated rings. The smallest absolute Gasteiger partial charge is 0.268 e. The van der Waals surface area contributed by atoms with E-state index < -0.39 is 15.9 Å². The molecule has 1 saturated heterocycles. The highest BCUT2D eigenvalue weighted by molar-refractivity contribution is 7.89. The van der Waals surface area contributed by atoms with Crippen LogP contribution in [0.25, 0.3) is 0 Å². The predicted octanol–water partition coefficient (Wildman–Crippen LogP) is 0.444. The van der Waals surface area contributed by atoms with Gasteiger partial charge in [0.25, 0.3) is 5.91 Å². The van der Waals surface area contributed by atoms with Gasteiger partial charge in [-0.25, -0.2) is 8.42 Å². The van der Waals surface area contributed by atoms with E-state index in [0.717, 1.165) is 12.8 Å². The highest BCUT2D eigenvalue weighted by atomic mass is 32.2. The Morgan fingerprint density at radius 2 is 1.88 bits per heavy atom. The molecule has 2 amide bonds. The van der Waals surface area contributed by atoms with Crippen LogP contribution in [0.3, 0.4) is 0 Å². The number of hydrogen-bond donors (Lipinski definition) is 3. The van der Waals surface area contributed by atoms with E-state index in [9.17, 15) is 18.0 Å². The lowest BCUT2D eigenvalue weighted by Gasteiger charge is -2.20. The Morgan fingerprint density at radius 1 is 1.25 bits per heavy atom. The number of nitrogens with one attached hydrogen (secondary N) is 3. The molecule has 0 aromatic carbocycles. The summed E-state index contributed by atoms with van der Waals surface area (Å²) >= 11 is 0. The molecule has 2 rings (SSSR count). The molecule has 0 spiro atoms. The van der Waals surface area contributed by atoms with Crippen LogP contribution in [0.2, 0.25) is 0 Å². The molecule has 0 atom stereocenters. The third kappa shape index (κ3) is 4.57. The van der Waals surface area contributed by atoms with Crippen molar-refractivity contribution < 1.29 is 18.0 Å². The maximum Gasteiger partial charge on any atom is 0.268 e. The maximum absolute atomic E-state index is 12.4. The zero-order chi connectivity index (χ0) is 18.0. The Balaban J connectivity index is 1.97. The van der Waals surface area contributed by atoms with E-state index in [1.54, 1.807) is 0 Å². The molecule has 1 aromatic heterocycles. The number of sulfonamides is 1. The molecule has 1 aliphatic heterocycles. The van der Waals surface area contributed by atoms with Gasteiger partial charge in [0, 0.05) is 24.8 Å². The van der Waals surface area contributed by atoms with Crippen molar-refractivity contribution in [3.05, 3.63) is 18.0 Å². The van der Waals surface area contributed by atoms with Crippen LogP contribution < -0.4 is 10.6 Å². The lowest BCUT2D eigenvalue weighted by molar-refractivity contribution is -0.121. The van der Waals surface area contributed by atoms with Crippen LogP contribution >= 0.6 is 0 Å². The molecule has 0 aliphatic carbocycles. The highest BCUT2D eigenvalue weighted by Crippen LogP contribution is 2.21. The molecule has 8 nitrogen and oxygen atoms in total. The van der Waals surface area contributed by atoms with E-state index in [1.165, 1.54) is 16.6 Å². The number of carbonyl (C=O) groups is 2. The molecule has 2 heterocycles. The van der Waals surface area contributed by atoms with Crippen molar-refractivity contribution in [1.82, 2.24) is 19.9 Å². The van der Waals surface area contributed by atoms with Gasteiger partial charge in [0.2, 0.25) is 15.9 Å². The van der Waals surface area contributed by atoms with Crippen molar-refractivity contribution in [3.63, 3.8) is 0 Å². The van der Waals surface area contributed by atoms with Gasteiger partial charge in [-0.05, 0) is 39.7 Å². The summed E-state index contributed by atoms with van der Waals surface area (Å²) in [7, 11) is -3.56. The molecule has 9 heteroatoms. The van der Waals surface area contributed by atoms with E-state index in [4.69, 9.17) is 0 Å². The first-order valence-corrected chi connectivity index (χ1v) is 9.31. The number of nitrogens with zero attached hydrogens (tertiary/aromatic N) is 1. The first-order chi connectivity index (χ1) is 11.1. The van der Waals surface area contributed by atoms with Crippen LogP contribution in [0.1, 0.15) is 44.1 Å². The average Bonchev–Trinajstić information content (AvgIpc) is 3.13. The molecule has 0 unspecified atom stereocenters. The van der Waals surface area contributed by atoms with Crippen molar-refractivity contribution in [2.45, 2.75) is 44.0 Å². The van der Waals surface area contributed by atoms with E-state index in [1.807, 2.05) is 20.8 Å². The van der Waals surface area contributed by atoms with Crippen LogP contribution in [0, 0.1) is 0 Å². The fourth-order valence-electron chi connectivity index (χ4n) is 2.45. The zero-order valence-corrected chi connectivity index (χ0v) is 15.0. The SMILES string of the molecule is CC(C)(C)NC(=O)CNC(=O)c1cc(S(=O)(=O)N2CCCC2)c[nH]1. The Labute approximate surface area is 142 Å². The minimum absolute atomic E-state index is 0.0636. The van der Waals surface area contributed by atoms with Gasteiger partial charge < -0.3 is 15.6 Å². The number of hydrogen-bond acceptors (Lipinski definition) is 4. The molecule has 0 radical (unpaired) electrons. The second kappa shape index (κ2) is 6.94. The molecule has 24 heavy (non-hydrogen) atoms. The van der Waals surface area contributed by atoms with Gasteiger partial charge in [0.15, 0.2) is 0 Å². The number of H-pyrrole nitrogens is 1. The molecule has 134 valence electrons. The van der Waals surface area contributed by atoms with Gasteiger partial charge in [-0.15, -0.1) is 0 Å². The Morgan fingerprint density at radius 3 is 2.46 bits per heavy atom. The summed E-state index contributed by atoms with van der Waals surface area (Å²) in [5, 5.41) is 5.19. The molecule has 0 bridgehead atoms. The summed E-state index contributed by atoms with van der Waals surface area (Å²) in [5.74, 6) is -0.839. The highest BCUT2D eigenvalue weighted by Gasteiger charge is 2.28. The van der Waals surface area contributed by atoms with Gasteiger partial charge in [-0.3, -0.25) is 9.59 Å². The Kier molecular flexibility index (Phi) is 5.34.